The molecule has 6 heteroatoms. The van der Waals surface area contributed by atoms with Gasteiger partial charge in [-0.2, -0.15) is 0 Å². The second-order valence-corrected chi connectivity index (χ2v) is 6.92. The molecular formula is C21H22FN5. The molecule has 5 nitrogen and oxygen atoms in total. The summed E-state index contributed by atoms with van der Waals surface area (Å²) < 4.78 is 13.2. The Morgan fingerprint density at radius 1 is 1.00 bits per heavy atom. The van der Waals surface area contributed by atoms with Crippen LogP contribution in [0.5, 0.6) is 0 Å². The molecule has 0 saturated carbocycles. The second kappa shape index (κ2) is 7.88. The van der Waals surface area contributed by atoms with Crippen molar-refractivity contribution in [3.63, 3.8) is 0 Å². The quantitative estimate of drug-likeness (QED) is 0.701. The maximum absolute atomic E-state index is 13.2. The molecule has 2 aromatic heterocycles. The number of nitrogens with zero attached hydrogens (tertiary/aromatic N) is 5. The number of rotatable bonds is 4. The summed E-state index contributed by atoms with van der Waals surface area (Å²) >= 11 is 0. The van der Waals surface area contributed by atoms with Gasteiger partial charge in [0, 0.05) is 36.3 Å². The molecule has 0 radical (unpaired) electrons. The van der Waals surface area contributed by atoms with Crippen LogP contribution in [0, 0.1) is 5.82 Å². The molecule has 1 aromatic carbocycles. The van der Waals surface area contributed by atoms with E-state index in [9.17, 15) is 4.39 Å². The van der Waals surface area contributed by atoms with Gasteiger partial charge in [0.2, 0.25) is 0 Å². The molecule has 1 saturated heterocycles. The molecule has 1 unspecified atom stereocenters. The average molecular weight is 363 g/mol. The van der Waals surface area contributed by atoms with Gasteiger partial charge >= 0.3 is 0 Å². The van der Waals surface area contributed by atoms with E-state index in [1.807, 2.05) is 12.3 Å². The maximum Gasteiger partial charge on any atom is 0.132 e. The van der Waals surface area contributed by atoms with Gasteiger partial charge in [-0.25, -0.2) is 14.4 Å². The van der Waals surface area contributed by atoms with E-state index in [1.165, 1.54) is 12.1 Å². The van der Waals surface area contributed by atoms with Crippen molar-refractivity contribution in [3.05, 3.63) is 72.5 Å². The highest BCUT2D eigenvalue weighted by atomic mass is 19.1. The van der Waals surface area contributed by atoms with Gasteiger partial charge in [-0.15, -0.1) is 0 Å². The SMILES string of the molecule is CC(c1cnccn1)N1CCC(c2nccc(-c3ccc(F)cc3)n2)CC1. The molecular weight excluding hydrogens is 341 g/mol. The third-order valence-electron chi connectivity index (χ3n) is 5.27. The van der Waals surface area contributed by atoms with Crippen LogP contribution in [0.3, 0.4) is 0 Å². The molecule has 1 atom stereocenters. The number of hydrogen-bond acceptors (Lipinski definition) is 5. The Labute approximate surface area is 158 Å². The highest BCUT2D eigenvalue weighted by Crippen LogP contribution is 2.30. The predicted molar refractivity (Wildman–Crippen MR) is 101 cm³/mol. The first-order valence-electron chi connectivity index (χ1n) is 9.29. The van der Waals surface area contributed by atoms with Crippen LogP contribution in [0.15, 0.2) is 55.1 Å². The van der Waals surface area contributed by atoms with E-state index >= 15 is 0 Å². The van der Waals surface area contributed by atoms with Gasteiger partial charge in [0.05, 0.1) is 17.4 Å². The zero-order chi connectivity index (χ0) is 18.6. The Kier molecular flexibility index (Phi) is 5.16. The van der Waals surface area contributed by atoms with E-state index < -0.39 is 0 Å². The zero-order valence-corrected chi connectivity index (χ0v) is 15.3. The van der Waals surface area contributed by atoms with Crippen molar-refractivity contribution in [3.8, 4) is 11.3 Å². The molecule has 1 aliphatic rings. The van der Waals surface area contributed by atoms with E-state index in [4.69, 9.17) is 4.98 Å². The fraction of sp³-hybridized carbons (Fsp3) is 0.333. The molecule has 4 rings (SSSR count). The van der Waals surface area contributed by atoms with Crippen LogP contribution in [-0.2, 0) is 0 Å². The lowest BCUT2D eigenvalue weighted by Gasteiger charge is -2.35. The third kappa shape index (κ3) is 4.01. The van der Waals surface area contributed by atoms with Crippen LogP contribution in [-0.4, -0.2) is 37.9 Å². The second-order valence-electron chi connectivity index (χ2n) is 6.92. The molecule has 3 aromatic rings. The van der Waals surface area contributed by atoms with Gasteiger partial charge in [0.25, 0.3) is 0 Å². The number of aromatic nitrogens is 4. The summed E-state index contributed by atoms with van der Waals surface area (Å²) in [6.07, 6.45) is 9.11. The standard InChI is InChI=1S/C21H22FN5/c1-15(20-14-23-10-11-24-20)27-12-7-17(8-13-27)21-25-9-6-19(26-21)16-2-4-18(22)5-3-16/h2-6,9-11,14-15,17H,7-8,12-13H2,1H3. The Hall–Kier alpha value is -2.73. The highest BCUT2D eigenvalue weighted by Gasteiger charge is 2.26. The molecule has 3 heterocycles. The van der Waals surface area contributed by atoms with Crippen LogP contribution >= 0.6 is 0 Å². The van der Waals surface area contributed by atoms with E-state index in [1.54, 1.807) is 30.7 Å². The number of piperidine rings is 1. The van der Waals surface area contributed by atoms with Crippen molar-refractivity contribution in [2.75, 3.05) is 13.1 Å². The molecule has 0 amide bonds. The fourth-order valence-electron chi connectivity index (χ4n) is 3.61. The van der Waals surface area contributed by atoms with Crippen LogP contribution in [0.2, 0.25) is 0 Å². The summed E-state index contributed by atoms with van der Waals surface area (Å²) in [6, 6.07) is 8.57. The summed E-state index contributed by atoms with van der Waals surface area (Å²) in [5.74, 6) is 0.983. The first-order valence-corrected chi connectivity index (χ1v) is 9.29. The summed E-state index contributed by atoms with van der Waals surface area (Å²) in [5, 5.41) is 0. The number of hydrogen-bond donors (Lipinski definition) is 0. The number of benzene rings is 1. The Morgan fingerprint density at radius 2 is 1.78 bits per heavy atom. The Bertz CT molecular complexity index is 877. The van der Waals surface area contributed by atoms with Gasteiger partial charge in [0.1, 0.15) is 11.6 Å². The molecule has 0 N–H and O–H groups in total. The fourth-order valence-corrected chi connectivity index (χ4v) is 3.61. The van der Waals surface area contributed by atoms with Crippen molar-refractivity contribution >= 4 is 0 Å². The van der Waals surface area contributed by atoms with Gasteiger partial charge in [-0.05, 0) is 63.2 Å². The maximum atomic E-state index is 13.2. The third-order valence-corrected chi connectivity index (χ3v) is 5.27. The molecule has 0 aliphatic carbocycles. The van der Waals surface area contributed by atoms with Crippen LogP contribution in [0.4, 0.5) is 4.39 Å². The molecule has 1 aliphatic heterocycles. The van der Waals surface area contributed by atoms with E-state index in [0.29, 0.717) is 5.92 Å². The van der Waals surface area contributed by atoms with E-state index in [0.717, 1.165) is 48.7 Å². The summed E-state index contributed by atoms with van der Waals surface area (Å²) in [7, 11) is 0. The molecule has 1 fully saturated rings. The monoisotopic (exact) mass is 363 g/mol. The van der Waals surface area contributed by atoms with Crippen LogP contribution < -0.4 is 0 Å². The van der Waals surface area contributed by atoms with Gasteiger partial charge in [-0.1, -0.05) is 0 Å². The van der Waals surface area contributed by atoms with Crippen molar-refractivity contribution in [1.29, 1.82) is 0 Å². The summed E-state index contributed by atoms with van der Waals surface area (Å²) in [4.78, 5) is 20.3. The number of likely N-dealkylation sites (tertiary alicyclic amines) is 1. The average Bonchev–Trinajstić information content (AvgIpc) is 2.75. The van der Waals surface area contributed by atoms with Crippen molar-refractivity contribution < 1.29 is 4.39 Å². The van der Waals surface area contributed by atoms with Crippen molar-refractivity contribution in [1.82, 2.24) is 24.8 Å². The van der Waals surface area contributed by atoms with Crippen molar-refractivity contribution in [2.45, 2.75) is 31.7 Å². The molecule has 27 heavy (non-hydrogen) atoms. The van der Waals surface area contributed by atoms with Crippen molar-refractivity contribution in [2.24, 2.45) is 0 Å². The minimum atomic E-state index is -0.238. The van der Waals surface area contributed by atoms with Crippen LogP contribution in [0.1, 0.15) is 43.2 Å². The Morgan fingerprint density at radius 3 is 2.48 bits per heavy atom. The minimum Gasteiger partial charge on any atom is -0.295 e. The predicted octanol–water partition coefficient (Wildman–Crippen LogP) is 4.01. The lowest BCUT2D eigenvalue weighted by molar-refractivity contribution is 0.157. The lowest BCUT2D eigenvalue weighted by atomic mass is 9.94. The summed E-state index contributed by atoms with van der Waals surface area (Å²) in [5.41, 5.74) is 2.76. The minimum absolute atomic E-state index is 0.238. The topological polar surface area (TPSA) is 54.8 Å². The van der Waals surface area contributed by atoms with Gasteiger partial charge in [0.15, 0.2) is 0 Å². The van der Waals surface area contributed by atoms with E-state index in [-0.39, 0.29) is 11.9 Å². The van der Waals surface area contributed by atoms with Crippen LogP contribution in [0.25, 0.3) is 11.3 Å². The smallest absolute Gasteiger partial charge is 0.132 e. The summed E-state index contributed by atoms with van der Waals surface area (Å²) in [6.45, 7) is 4.13. The Balaban J connectivity index is 1.44. The largest absolute Gasteiger partial charge is 0.295 e. The molecule has 0 spiro atoms. The highest BCUT2D eigenvalue weighted by molar-refractivity contribution is 5.58. The number of halogens is 1. The molecule has 0 bridgehead atoms. The van der Waals surface area contributed by atoms with Gasteiger partial charge in [-0.3, -0.25) is 14.9 Å². The lowest BCUT2D eigenvalue weighted by Crippen LogP contribution is -2.35. The van der Waals surface area contributed by atoms with E-state index in [2.05, 4.69) is 26.8 Å². The normalized spacial score (nSPS) is 17.0. The van der Waals surface area contributed by atoms with Gasteiger partial charge < -0.3 is 0 Å². The molecule has 138 valence electrons. The first-order chi connectivity index (χ1) is 13.2. The first kappa shape index (κ1) is 17.7. The zero-order valence-electron chi connectivity index (χ0n) is 15.3.